The zero-order valence-electron chi connectivity index (χ0n) is 40.2. The van der Waals surface area contributed by atoms with Gasteiger partial charge in [-0.2, -0.15) is 0 Å². The summed E-state index contributed by atoms with van der Waals surface area (Å²) >= 11 is 0. The zero-order valence-corrected chi connectivity index (χ0v) is 40.2. The van der Waals surface area contributed by atoms with Crippen molar-refractivity contribution >= 4 is 57.0 Å². The maximum atomic E-state index is 14.2. The van der Waals surface area contributed by atoms with Crippen LogP contribution < -0.4 is 0 Å². The summed E-state index contributed by atoms with van der Waals surface area (Å²) in [6.45, 7) is 33.1. The maximum Gasteiger partial charge on any atom is 0.319 e. The number of aromatic nitrogens is 4. The fraction of sp³-hybridized carbons (Fsp3) is 0.537. The van der Waals surface area contributed by atoms with Crippen LogP contribution in [-0.2, 0) is 14.3 Å². The first-order valence-corrected chi connectivity index (χ1v) is 23.6. The molecule has 63 heavy (non-hydrogen) atoms. The van der Waals surface area contributed by atoms with Gasteiger partial charge in [-0.05, 0) is 129 Å². The first-order valence-electron chi connectivity index (χ1n) is 23.6. The van der Waals surface area contributed by atoms with Crippen LogP contribution in [0, 0.1) is 49.4 Å². The Hall–Kier alpha value is -5.05. The van der Waals surface area contributed by atoms with Crippen LogP contribution in [0.15, 0.2) is 36.4 Å². The third kappa shape index (κ3) is 8.78. The lowest BCUT2D eigenvalue weighted by molar-refractivity contribution is -0.142. The van der Waals surface area contributed by atoms with Crippen LogP contribution >= 0.6 is 0 Å². The first kappa shape index (κ1) is 47.4. The van der Waals surface area contributed by atoms with E-state index < -0.39 is 17.7 Å². The van der Waals surface area contributed by atoms with Gasteiger partial charge in [-0.25, -0.2) is 4.98 Å². The molecular formula is C54H72N4O5. The molecule has 9 heteroatoms. The minimum Gasteiger partial charge on any atom is -0.480 e. The molecule has 0 saturated carbocycles. The molecule has 1 aliphatic carbocycles. The van der Waals surface area contributed by atoms with Gasteiger partial charge >= 0.3 is 11.9 Å². The molecule has 2 aliphatic heterocycles. The number of hydrogen-bond donors (Lipinski definition) is 3. The lowest BCUT2D eigenvalue weighted by Crippen LogP contribution is -2.32. The number of carboxylic acid groups (broad SMARTS) is 1. The monoisotopic (exact) mass is 857 g/mol. The molecular weight excluding hydrogens is 785 g/mol. The van der Waals surface area contributed by atoms with Crippen LogP contribution in [0.5, 0.6) is 0 Å². The Bertz CT molecular complexity index is 2520. The largest absolute Gasteiger partial charge is 0.480 e. The van der Waals surface area contributed by atoms with E-state index in [9.17, 15) is 19.5 Å². The van der Waals surface area contributed by atoms with Gasteiger partial charge in [0.15, 0.2) is 5.78 Å². The van der Waals surface area contributed by atoms with Crippen LogP contribution in [0.25, 0.3) is 39.3 Å². The predicted molar refractivity (Wildman–Crippen MR) is 258 cm³/mol. The standard InChI is InChI=1S/C54H72N4O5/c1-15-35(27(6)7)29(9)37(17-3)30(10)36(16-2)28(8)22-23-63-47(59)21-20-40-33(13)43-24-41-31(11)38(18-4)45(55-41)25-42-32(12)39(19-5)46(56-42)26-44-34(14)48-52(58-44)49(51(40)57-43)50(53(48)60)54(61)62/h18,22,24-27,29-30,33,35-37,40,50,55,58H,4,15-17,19-21,23H2,1-3,5-14H3,(H,61,62)/b28-22+,41-24?,42-25?,43-24?,44-26?,45-25?,46-26?,51-49?/t29-,30+,33?,35?,36?,37?,40+,50?/m1/s1. The Morgan fingerprint density at radius 2 is 1.56 bits per heavy atom. The van der Waals surface area contributed by atoms with E-state index in [0.717, 1.165) is 69.7 Å². The van der Waals surface area contributed by atoms with E-state index >= 15 is 0 Å². The lowest BCUT2D eigenvalue weighted by Gasteiger charge is -2.39. The van der Waals surface area contributed by atoms with Gasteiger partial charge in [0, 0.05) is 57.2 Å². The number of nitrogens with one attached hydrogen (secondary N) is 2. The van der Waals surface area contributed by atoms with E-state index in [2.05, 4.69) is 105 Å². The number of ketones is 1. The topological polar surface area (TPSA) is 138 Å². The van der Waals surface area contributed by atoms with Crippen LogP contribution in [0.4, 0.5) is 0 Å². The quantitative estimate of drug-likeness (QED) is 0.0698. The van der Waals surface area contributed by atoms with Crippen molar-refractivity contribution < 1.29 is 24.2 Å². The van der Waals surface area contributed by atoms with Gasteiger partial charge in [0.05, 0.1) is 22.6 Å². The number of allylic oxidation sites excluding steroid dienone is 3. The van der Waals surface area contributed by atoms with E-state index in [0.29, 0.717) is 75.3 Å². The van der Waals surface area contributed by atoms with Crippen molar-refractivity contribution in [1.29, 1.82) is 0 Å². The van der Waals surface area contributed by atoms with Gasteiger partial charge in [0.1, 0.15) is 12.5 Å². The van der Waals surface area contributed by atoms with Crippen LogP contribution in [-0.4, -0.2) is 49.4 Å². The third-order valence-electron chi connectivity index (χ3n) is 15.5. The van der Waals surface area contributed by atoms with Gasteiger partial charge in [0.25, 0.3) is 0 Å². The molecule has 8 atom stereocenters. The molecule has 0 spiro atoms. The van der Waals surface area contributed by atoms with Crippen LogP contribution in [0.3, 0.4) is 0 Å². The maximum absolute atomic E-state index is 14.2. The van der Waals surface area contributed by atoms with Crippen molar-refractivity contribution in [3.63, 3.8) is 0 Å². The number of carbonyl (C=O) groups is 3. The molecule has 3 aromatic rings. The number of carbonyl (C=O) groups excluding carboxylic acids is 2. The van der Waals surface area contributed by atoms with E-state index in [1.807, 2.05) is 32.1 Å². The van der Waals surface area contributed by atoms with Crippen molar-refractivity contribution in [3.8, 4) is 0 Å². The highest BCUT2D eigenvalue weighted by Crippen LogP contribution is 2.48. The van der Waals surface area contributed by atoms with Gasteiger partial charge in [-0.15, -0.1) is 0 Å². The van der Waals surface area contributed by atoms with E-state index in [1.54, 1.807) is 0 Å². The first-order chi connectivity index (χ1) is 29.9. The summed E-state index contributed by atoms with van der Waals surface area (Å²) in [4.78, 5) is 58.3. The Morgan fingerprint density at radius 1 is 0.889 bits per heavy atom. The summed E-state index contributed by atoms with van der Waals surface area (Å²) in [6.07, 6.45) is 8.54. The average Bonchev–Trinajstić information content (AvgIpc) is 3.98. The average molecular weight is 857 g/mol. The number of rotatable bonds is 17. The lowest BCUT2D eigenvalue weighted by atomic mass is 9.66. The summed E-state index contributed by atoms with van der Waals surface area (Å²) in [5, 5.41) is 10.7. The molecule has 3 aliphatic rings. The number of nitrogens with zero attached hydrogens (tertiary/aromatic N) is 2. The van der Waals surface area contributed by atoms with Crippen molar-refractivity contribution in [2.45, 2.75) is 146 Å². The number of esters is 1. The second-order valence-corrected chi connectivity index (χ2v) is 19.0. The smallest absolute Gasteiger partial charge is 0.319 e. The molecule has 0 amide bonds. The molecule has 3 aromatic heterocycles. The predicted octanol–water partition coefficient (Wildman–Crippen LogP) is 13.4. The van der Waals surface area contributed by atoms with Crippen molar-refractivity contribution in [2.24, 2.45) is 35.5 Å². The number of carboxylic acids is 1. The van der Waals surface area contributed by atoms with Gasteiger partial charge in [0.2, 0.25) is 0 Å². The van der Waals surface area contributed by atoms with Crippen LogP contribution in [0.1, 0.15) is 188 Å². The number of Topliss-reactive ketones (excluding diaryl/α,β-unsaturated/α-hetero) is 1. The Kier molecular flexibility index (Phi) is 14.6. The van der Waals surface area contributed by atoms with E-state index in [-0.39, 0.29) is 30.8 Å². The highest BCUT2D eigenvalue weighted by atomic mass is 16.5. The number of aryl methyl sites for hydroxylation is 2. The second-order valence-electron chi connectivity index (χ2n) is 19.0. The number of aliphatic carboxylic acids is 1. The molecule has 0 radical (unpaired) electrons. The summed E-state index contributed by atoms with van der Waals surface area (Å²) in [7, 11) is 0. The normalized spacial score (nSPS) is 19.9. The summed E-state index contributed by atoms with van der Waals surface area (Å²) in [5.41, 5.74) is 12.6. The number of H-pyrrole nitrogens is 2. The van der Waals surface area contributed by atoms with E-state index in [1.165, 1.54) is 12.0 Å². The minimum atomic E-state index is -1.42. The third-order valence-corrected chi connectivity index (χ3v) is 15.5. The summed E-state index contributed by atoms with van der Waals surface area (Å²) in [5.74, 6) is -0.528. The fourth-order valence-corrected chi connectivity index (χ4v) is 11.9. The molecule has 5 unspecified atom stereocenters. The molecule has 0 fully saturated rings. The molecule has 5 heterocycles. The van der Waals surface area contributed by atoms with Crippen molar-refractivity contribution in [2.75, 3.05) is 6.61 Å². The number of aromatic amines is 2. The second kappa shape index (κ2) is 19.4. The molecule has 0 aromatic carbocycles. The molecule has 6 rings (SSSR count). The molecule has 8 bridgehead atoms. The SMILES string of the molecule is C=Cc1c(C)c2cc3nc(c4c5[nH]c(cc6nc(cc1[nH]2)C(C)=C6CC)c(C)c5C(=O)C4C(=O)O)[C@@H](CCC(=O)OC/C=C(\C)C(CC)[C@H](C)C(CC)[C@H](C)C(CC)C(C)C)C3C. The van der Waals surface area contributed by atoms with Gasteiger partial charge in [-0.1, -0.05) is 93.4 Å². The molecule has 338 valence electrons. The van der Waals surface area contributed by atoms with Crippen molar-refractivity contribution in [3.05, 3.63) is 87.0 Å². The van der Waals surface area contributed by atoms with Crippen molar-refractivity contribution in [1.82, 2.24) is 19.9 Å². The number of fused-ring (bicyclic) bond motifs is 8. The molecule has 0 saturated heterocycles. The van der Waals surface area contributed by atoms with Gasteiger partial charge in [-0.3, -0.25) is 19.4 Å². The Morgan fingerprint density at radius 3 is 2.16 bits per heavy atom. The number of hydrogen-bond acceptors (Lipinski definition) is 6. The van der Waals surface area contributed by atoms with Crippen LogP contribution in [0.2, 0.25) is 0 Å². The highest BCUT2D eigenvalue weighted by molar-refractivity contribution is 6.23. The summed E-state index contributed by atoms with van der Waals surface area (Å²) < 4.78 is 5.91. The molecule has 3 N–H and O–H groups in total. The Labute approximate surface area is 375 Å². The molecule has 9 nitrogen and oxygen atoms in total. The van der Waals surface area contributed by atoms with E-state index in [4.69, 9.17) is 14.7 Å². The summed E-state index contributed by atoms with van der Waals surface area (Å²) in [6, 6.07) is 6.05. The Balaban J connectivity index is 1.37. The fourth-order valence-electron chi connectivity index (χ4n) is 11.9. The zero-order chi connectivity index (χ0) is 46.2. The van der Waals surface area contributed by atoms with Gasteiger partial charge < -0.3 is 19.8 Å². The number of ether oxygens (including phenoxy) is 1. The minimum absolute atomic E-state index is 0.116. The highest BCUT2D eigenvalue weighted by Gasteiger charge is 2.45.